The average Bonchev–Trinajstić information content (AvgIpc) is 3.12. The SMILES string of the molecule is O=C(Nc1cc(CN2CCOCC2)cc(C(F)(F)F)c1)c1csc2c1CCNC2. The van der Waals surface area contributed by atoms with E-state index in [0.29, 0.717) is 44.0 Å². The lowest BCUT2D eigenvalue weighted by molar-refractivity contribution is -0.137. The number of fused-ring (bicyclic) bond motifs is 1. The molecular weight excluding hydrogens is 403 g/mol. The molecule has 0 bridgehead atoms. The summed E-state index contributed by atoms with van der Waals surface area (Å²) in [6.45, 7) is 4.38. The highest BCUT2D eigenvalue weighted by Gasteiger charge is 2.32. The number of carbonyl (C=O) groups excluding carboxylic acids is 1. The number of amides is 1. The quantitative estimate of drug-likeness (QED) is 0.788. The van der Waals surface area contributed by atoms with Crippen molar-refractivity contribution in [3.8, 4) is 0 Å². The van der Waals surface area contributed by atoms with Gasteiger partial charge in [0, 0.05) is 42.1 Å². The van der Waals surface area contributed by atoms with Gasteiger partial charge < -0.3 is 15.4 Å². The van der Waals surface area contributed by atoms with Gasteiger partial charge in [-0.15, -0.1) is 11.3 Å². The average molecular weight is 425 g/mol. The van der Waals surface area contributed by atoms with E-state index in [-0.39, 0.29) is 11.6 Å². The van der Waals surface area contributed by atoms with Crippen molar-refractivity contribution < 1.29 is 22.7 Å². The molecule has 0 unspecified atom stereocenters. The third-order valence-corrected chi connectivity index (χ3v) is 6.18. The maximum Gasteiger partial charge on any atom is 0.416 e. The van der Waals surface area contributed by atoms with Crippen LogP contribution >= 0.6 is 11.3 Å². The molecule has 29 heavy (non-hydrogen) atoms. The van der Waals surface area contributed by atoms with Gasteiger partial charge >= 0.3 is 6.18 Å². The molecule has 2 aromatic rings. The number of rotatable bonds is 4. The van der Waals surface area contributed by atoms with Crippen molar-refractivity contribution in [3.63, 3.8) is 0 Å². The van der Waals surface area contributed by atoms with Gasteiger partial charge in [-0.25, -0.2) is 0 Å². The van der Waals surface area contributed by atoms with E-state index in [0.717, 1.165) is 42.1 Å². The Morgan fingerprint density at radius 1 is 1.24 bits per heavy atom. The molecule has 1 amide bonds. The molecule has 3 heterocycles. The first kappa shape index (κ1) is 20.3. The number of halogens is 3. The summed E-state index contributed by atoms with van der Waals surface area (Å²) in [4.78, 5) is 15.9. The molecule has 0 saturated carbocycles. The first-order valence-corrected chi connectivity index (χ1v) is 10.4. The minimum absolute atomic E-state index is 0.168. The van der Waals surface area contributed by atoms with Crippen LogP contribution < -0.4 is 10.6 Å². The lowest BCUT2D eigenvalue weighted by Crippen LogP contribution is -2.35. The Kier molecular flexibility index (Phi) is 5.91. The number of morpholine rings is 1. The minimum atomic E-state index is -4.48. The third kappa shape index (κ3) is 4.80. The Balaban J connectivity index is 1.57. The van der Waals surface area contributed by atoms with Crippen LogP contribution in [0.1, 0.15) is 31.9 Å². The number of nitrogens with zero attached hydrogens (tertiary/aromatic N) is 1. The van der Waals surface area contributed by atoms with Crippen molar-refractivity contribution in [2.45, 2.75) is 25.7 Å². The second-order valence-electron chi connectivity index (χ2n) is 7.24. The Morgan fingerprint density at radius 2 is 2.03 bits per heavy atom. The van der Waals surface area contributed by atoms with Crippen LogP contribution in [0, 0.1) is 0 Å². The predicted octanol–water partition coefficient (Wildman–Crippen LogP) is 3.50. The van der Waals surface area contributed by atoms with Gasteiger partial charge in [-0.1, -0.05) is 0 Å². The predicted molar refractivity (Wildman–Crippen MR) is 105 cm³/mol. The van der Waals surface area contributed by atoms with E-state index in [1.807, 2.05) is 4.90 Å². The molecule has 1 aromatic carbocycles. The van der Waals surface area contributed by atoms with E-state index in [2.05, 4.69) is 10.6 Å². The largest absolute Gasteiger partial charge is 0.416 e. The molecule has 0 spiro atoms. The highest BCUT2D eigenvalue weighted by atomic mass is 32.1. The second kappa shape index (κ2) is 8.43. The number of hydrogen-bond acceptors (Lipinski definition) is 5. The monoisotopic (exact) mass is 425 g/mol. The zero-order valence-electron chi connectivity index (χ0n) is 15.8. The van der Waals surface area contributed by atoms with Crippen molar-refractivity contribution in [2.75, 3.05) is 38.2 Å². The molecule has 1 fully saturated rings. The number of ether oxygens (including phenoxy) is 1. The van der Waals surface area contributed by atoms with Crippen LogP contribution in [0.5, 0.6) is 0 Å². The highest BCUT2D eigenvalue weighted by Crippen LogP contribution is 2.33. The second-order valence-corrected chi connectivity index (χ2v) is 8.20. The van der Waals surface area contributed by atoms with Gasteiger partial charge in [-0.2, -0.15) is 13.2 Å². The fourth-order valence-corrected chi connectivity index (χ4v) is 4.73. The molecule has 2 N–H and O–H groups in total. The van der Waals surface area contributed by atoms with Crippen molar-refractivity contribution in [3.05, 3.63) is 50.7 Å². The Labute approximate surface area is 170 Å². The number of alkyl halides is 3. The van der Waals surface area contributed by atoms with E-state index in [4.69, 9.17) is 4.74 Å². The minimum Gasteiger partial charge on any atom is -0.379 e. The summed E-state index contributed by atoms with van der Waals surface area (Å²) in [5, 5.41) is 7.73. The molecule has 0 radical (unpaired) electrons. The fraction of sp³-hybridized carbons (Fsp3) is 0.450. The lowest BCUT2D eigenvalue weighted by atomic mass is 10.0. The van der Waals surface area contributed by atoms with Crippen LogP contribution in [0.25, 0.3) is 0 Å². The van der Waals surface area contributed by atoms with Crippen molar-refractivity contribution >= 4 is 22.9 Å². The topological polar surface area (TPSA) is 53.6 Å². The summed E-state index contributed by atoms with van der Waals surface area (Å²) in [5.41, 5.74) is 1.48. The molecule has 2 aliphatic heterocycles. The van der Waals surface area contributed by atoms with E-state index in [9.17, 15) is 18.0 Å². The van der Waals surface area contributed by atoms with E-state index in [1.54, 1.807) is 11.4 Å². The summed E-state index contributed by atoms with van der Waals surface area (Å²) in [5.74, 6) is -0.360. The number of benzene rings is 1. The standard InChI is InChI=1S/C20H22F3N3O2S/c21-20(22,23)14-7-13(11-26-3-5-28-6-4-26)8-15(9-14)25-19(27)17-12-29-18-10-24-2-1-16(17)18/h7-9,12,24H,1-6,10-11H2,(H,25,27). The summed E-state index contributed by atoms with van der Waals surface area (Å²) >= 11 is 1.50. The molecule has 0 aliphatic carbocycles. The van der Waals surface area contributed by atoms with Gasteiger partial charge in [0.15, 0.2) is 0 Å². The van der Waals surface area contributed by atoms with E-state index < -0.39 is 11.7 Å². The van der Waals surface area contributed by atoms with Gasteiger partial charge in [-0.05, 0) is 42.3 Å². The molecule has 5 nitrogen and oxygen atoms in total. The summed E-state index contributed by atoms with van der Waals surface area (Å²) < 4.78 is 45.5. The van der Waals surface area contributed by atoms with Crippen molar-refractivity contribution in [1.29, 1.82) is 0 Å². The van der Waals surface area contributed by atoms with E-state index in [1.165, 1.54) is 11.3 Å². The Morgan fingerprint density at radius 3 is 2.79 bits per heavy atom. The molecule has 2 aliphatic rings. The first-order chi connectivity index (χ1) is 13.9. The summed E-state index contributed by atoms with van der Waals surface area (Å²) in [7, 11) is 0. The van der Waals surface area contributed by atoms with Crippen LogP contribution in [0.15, 0.2) is 23.6 Å². The number of nitrogens with one attached hydrogen (secondary N) is 2. The van der Waals surface area contributed by atoms with Gasteiger partial charge in [0.25, 0.3) is 5.91 Å². The van der Waals surface area contributed by atoms with Gasteiger partial charge in [0.2, 0.25) is 0 Å². The molecule has 9 heteroatoms. The zero-order valence-corrected chi connectivity index (χ0v) is 16.6. The van der Waals surface area contributed by atoms with Crippen LogP contribution in [-0.2, 0) is 30.4 Å². The molecule has 4 rings (SSSR count). The number of thiophene rings is 1. The number of carbonyl (C=O) groups is 1. The Hall–Kier alpha value is -1.94. The van der Waals surface area contributed by atoms with Crippen molar-refractivity contribution in [2.24, 2.45) is 0 Å². The fourth-order valence-electron chi connectivity index (χ4n) is 3.69. The van der Waals surface area contributed by atoms with Gasteiger partial charge in [0.05, 0.1) is 24.3 Å². The number of hydrogen-bond donors (Lipinski definition) is 2. The van der Waals surface area contributed by atoms with Crippen LogP contribution in [0.2, 0.25) is 0 Å². The highest BCUT2D eigenvalue weighted by molar-refractivity contribution is 7.10. The zero-order chi connectivity index (χ0) is 20.4. The van der Waals surface area contributed by atoms with Gasteiger partial charge in [-0.3, -0.25) is 9.69 Å². The summed E-state index contributed by atoms with van der Waals surface area (Å²) in [6.07, 6.45) is -3.74. The van der Waals surface area contributed by atoms with E-state index >= 15 is 0 Å². The number of anilines is 1. The smallest absolute Gasteiger partial charge is 0.379 e. The maximum absolute atomic E-state index is 13.4. The normalized spacial score (nSPS) is 17.8. The molecule has 0 atom stereocenters. The van der Waals surface area contributed by atoms with Gasteiger partial charge in [0.1, 0.15) is 0 Å². The molecular formula is C20H22F3N3O2S. The Bertz CT molecular complexity index is 892. The summed E-state index contributed by atoms with van der Waals surface area (Å²) in [6, 6.07) is 3.79. The molecule has 1 saturated heterocycles. The van der Waals surface area contributed by atoms with Crippen LogP contribution in [-0.4, -0.2) is 43.7 Å². The van der Waals surface area contributed by atoms with Crippen LogP contribution in [0.4, 0.5) is 18.9 Å². The lowest BCUT2D eigenvalue weighted by Gasteiger charge is -2.27. The third-order valence-electron chi connectivity index (χ3n) is 5.15. The van der Waals surface area contributed by atoms with Crippen molar-refractivity contribution in [1.82, 2.24) is 10.2 Å². The van der Waals surface area contributed by atoms with Crippen LogP contribution in [0.3, 0.4) is 0 Å². The molecule has 156 valence electrons. The molecule has 1 aromatic heterocycles. The maximum atomic E-state index is 13.4. The first-order valence-electron chi connectivity index (χ1n) is 9.53.